The third-order valence-electron chi connectivity index (χ3n) is 4.12. The molecule has 0 atom stereocenters. The van der Waals surface area contributed by atoms with Crippen molar-refractivity contribution in [3.63, 3.8) is 0 Å². The first-order valence-corrected chi connectivity index (χ1v) is 7.85. The molecule has 120 valence electrons. The van der Waals surface area contributed by atoms with Crippen molar-refractivity contribution in [2.45, 2.75) is 25.7 Å². The highest BCUT2D eigenvalue weighted by atomic mass is 16.2. The highest BCUT2D eigenvalue weighted by Gasteiger charge is 2.24. The maximum Gasteiger partial charge on any atom is 0.276 e. The molecule has 0 aliphatic heterocycles. The third kappa shape index (κ3) is 3.59. The predicted octanol–water partition coefficient (Wildman–Crippen LogP) is 2.80. The molecule has 2 N–H and O–H groups in total. The van der Waals surface area contributed by atoms with Crippen LogP contribution < -0.4 is 10.6 Å². The van der Waals surface area contributed by atoms with Gasteiger partial charge in [-0.15, -0.1) is 0 Å². The van der Waals surface area contributed by atoms with E-state index in [1.165, 1.54) is 4.68 Å². The van der Waals surface area contributed by atoms with Crippen molar-refractivity contribution in [1.29, 1.82) is 0 Å². The average molecular weight is 312 g/mol. The van der Waals surface area contributed by atoms with Gasteiger partial charge in [-0.2, -0.15) is 5.10 Å². The van der Waals surface area contributed by atoms with Crippen molar-refractivity contribution >= 4 is 23.3 Å². The number of para-hydroxylation sites is 1. The van der Waals surface area contributed by atoms with Gasteiger partial charge in [0.1, 0.15) is 5.82 Å². The monoisotopic (exact) mass is 312 g/mol. The molecule has 3 rings (SSSR count). The van der Waals surface area contributed by atoms with Gasteiger partial charge in [0.25, 0.3) is 5.91 Å². The van der Waals surface area contributed by atoms with E-state index in [2.05, 4.69) is 15.7 Å². The minimum absolute atomic E-state index is 0.0144. The smallest absolute Gasteiger partial charge is 0.276 e. The summed E-state index contributed by atoms with van der Waals surface area (Å²) in [5.41, 5.74) is 0.984. The molecule has 0 bridgehead atoms. The first-order chi connectivity index (χ1) is 11.1. The first kappa shape index (κ1) is 15.3. The lowest BCUT2D eigenvalue weighted by Crippen LogP contribution is -2.21. The SMILES string of the molecule is Cn1nc(C(=O)Nc2ccccc2)cc1NC(=O)C1CCCC1. The molecule has 0 unspecified atom stereocenters. The summed E-state index contributed by atoms with van der Waals surface area (Å²) in [5.74, 6) is 0.334. The van der Waals surface area contributed by atoms with Crippen molar-refractivity contribution in [3.05, 3.63) is 42.1 Å². The Morgan fingerprint density at radius 2 is 1.83 bits per heavy atom. The standard InChI is InChI=1S/C17H20N4O2/c1-21-15(19-16(22)12-7-5-6-8-12)11-14(20-21)17(23)18-13-9-3-2-4-10-13/h2-4,9-12H,5-8H2,1H3,(H,18,23)(H,19,22). The van der Waals surface area contributed by atoms with Crippen molar-refractivity contribution in [1.82, 2.24) is 9.78 Å². The second-order valence-corrected chi connectivity index (χ2v) is 5.83. The van der Waals surface area contributed by atoms with Crippen molar-refractivity contribution < 1.29 is 9.59 Å². The summed E-state index contributed by atoms with van der Waals surface area (Å²) in [7, 11) is 1.71. The Hall–Kier alpha value is -2.63. The van der Waals surface area contributed by atoms with Gasteiger partial charge in [-0.3, -0.25) is 14.3 Å². The zero-order valence-corrected chi connectivity index (χ0v) is 13.1. The van der Waals surface area contributed by atoms with Crippen molar-refractivity contribution in [2.24, 2.45) is 13.0 Å². The third-order valence-corrected chi connectivity index (χ3v) is 4.12. The highest BCUT2D eigenvalue weighted by molar-refractivity contribution is 6.04. The fourth-order valence-corrected chi connectivity index (χ4v) is 2.83. The molecule has 1 aliphatic carbocycles. The second-order valence-electron chi connectivity index (χ2n) is 5.83. The Kier molecular flexibility index (Phi) is 4.41. The zero-order chi connectivity index (χ0) is 16.2. The lowest BCUT2D eigenvalue weighted by Gasteiger charge is -2.09. The van der Waals surface area contributed by atoms with Crippen LogP contribution in [-0.2, 0) is 11.8 Å². The summed E-state index contributed by atoms with van der Waals surface area (Å²) in [5, 5.41) is 9.83. The number of nitrogens with zero attached hydrogens (tertiary/aromatic N) is 2. The van der Waals surface area contributed by atoms with Crippen LogP contribution in [0.2, 0.25) is 0 Å². The largest absolute Gasteiger partial charge is 0.321 e. The number of aromatic nitrogens is 2. The number of carbonyl (C=O) groups is 2. The van der Waals surface area contributed by atoms with E-state index in [4.69, 9.17) is 0 Å². The normalized spacial score (nSPS) is 14.7. The van der Waals surface area contributed by atoms with Crippen LogP contribution in [0.1, 0.15) is 36.2 Å². The van der Waals surface area contributed by atoms with E-state index in [0.717, 1.165) is 25.7 Å². The Morgan fingerprint density at radius 3 is 2.52 bits per heavy atom. The van der Waals surface area contributed by atoms with Gasteiger partial charge in [0, 0.05) is 24.7 Å². The maximum absolute atomic E-state index is 12.2. The molecule has 0 spiro atoms. The van der Waals surface area contributed by atoms with E-state index >= 15 is 0 Å². The second kappa shape index (κ2) is 6.64. The summed E-state index contributed by atoms with van der Waals surface area (Å²) < 4.78 is 1.52. The van der Waals surface area contributed by atoms with Gasteiger partial charge in [-0.1, -0.05) is 31.0 Å². The number of amides is 2. The topological polar surface area (TPSA) is 76.0 Å². The molecule has 0 saturated heterocycles. The molecule has 2 aromatic rings. The maximum atomic E-state index is 12.2. The average Bonchev–Trinajstić information content (AvgIpc) is 3.19. The minimum Gasteiger partial charge on any atom is -0.321 e. The summed E-state index contributed by atoms with van der Waals surface area (Å²) in [6, 6.07) is 10.8. The summed E-state index contributed by atoms with van der Waals surface area (Å²) >= 11 is 0. The van der Waals surface area contributed by atoms with E-state index in [0.29, 0.717) is 11.5 Å². The van der Waals surface area contributed by atoms with Crippen LogP contribution in [0, 0.1) is 5.92 Å². The number of aryl methyl sites for hydroxylation is 1. The lowest BCUT2D eigenvalue weighted by atomic mass is 10.1. The van der Waals surface area contributed by atoms with Crippen LogP contribution >= 0.6 is 0 Å². The van der Waals surface area contributed by atoms with Crippen LogP contribution in [0.15, 0.2) is 36.4 Å². The number of hydrogen-bond donors (Lipinski definition) is 2. The van der Waals surface area contributed by atoms with Gasteiger partial charge in [-0.05, 0) is 25.0 Å². The van der Waals surface area contributed by atoms with E-state index in [-0.39, 0.29) is 23.4 Å². The highest BCUT2D eigenvalue weighted by Crippen LogP contribution is 2.26. The lowest BCUT2D eigenvalue weighted by molar-refractivity contribution is -0.119. The molecule has 0 radical (unpaired) electrons. The summed E-state index contributed by atoms with van der Waals surface area (Å²) in [6.07, 6.45) is 4.08. The predicted molar refractivity (Wildman–Crippen MR) is 88.2 cm³/mol. The number of nitrogens with one attached hydrogen (secondary N) is 2. The summed E-state index contributed by atoms with van der Waals surface area (Å²) in [6.45, 7) is 0. The summed E-state index contributed by atoms with van der Waals surface area (Å²) in [4.78, 5) is 24.4. The van der Waals surface area contributed by atoms with Crippen LogP contribution in [0.5, 0.6) is 0 Å². The quantitative estimate of drug-likeness (QED) is 0.911. The molecule has 1 aliphatic rings. The number of carbonyl (C=O) groups excluding carboxylic acids is 2. The van der Waals surface area contributed by atoms with Crippen LogP contribution in [0.3, 0.4) is 0 Å². The Balaban J connectivity index is 1.67. The van der Waals surface area contributed by atoms with Gasteiger partial charge < -0.3 is 10.6 Å². The fraction of sp³-hybridized carbons (Fsp3) is 0.353. The number of benzene rings is 1. The van der Waals surface area contributed by atoms with Crippen molar-refractivity contribution in [3.8, 4) is 0 Å². The molecule has 1 aromatic carbocycles. The molecule has 1 aromatic heterocycles. The molecule has 6 nitrogen and oxygen atoms in total. The minimum atomic E-state index is -0.298. The molecular formula is C17H20N4O2. The molecule has 2 amide bonds. The molecule has 1 fully saturated rings. The molecule has 1 saturated carbocycles. The van der Waals surface area contributed by atoms with E-state index in [1.54, 1.807) is 13.1 Å². The van der Waals surface area contributed by atoms with Crippen LogP contribution in [0.25, 0.3) is 0 Å². The molecule has 1 heterocycles. The Bertz CT molecular complexity index is 703. The molecule has 6 heteroatoms. The number of hydrogen-bond acceptors (Lipinski definition) is 3. The van der Waals surface area contributed by atoms with Crippen LogP contribution in [-0.4, -0.2) is 21.6 Å². The molecule has 23 heavy (non-hydrogen) atoms. The van der Waals surface area contributed by atoms with Gasteiger partial charge in [0.05, 0.1) is 0 Å². The number of rotatable bonds is 4. The van der Waals surface area contributed by atoms with E-state index in [1.807, 2.05) is 30.3 Å². The van der Waals surface area contributed by atoms with Gasteiger partial charge in [-0.25, -0.2) is 0 Å². The Morgan fingerprint density at radius 1 is 1.13 bits per heavy atom. The van der Waals surface area contributed by atoms with Gasteiger partial charge in [0.2, 0.25) is 5.91 Å². The van der Waals surface area contributed by atoms with Crippen molar-refractivity contribution in [2.75, 3.05) is 10.6 Å². The Labute approximate surface area is 134 Å². The first-order valence-electron chi connectivity index (χ1n) is 7.85. The van der Waals surface area contributed by atoms with Crippen LogP contribution in [0.4, 0.5) is 11.5 Å². The fourth-order valence-electron chi connectivity index (χ4n) is 2.83. The van der Waals surface area contributed by atoms with Gasteiger partial charge in [0.15, 0.2) is 5.69 Å². The number of anilines is 2. The van der Waals surface area contributed by atoms with Gasteiger partial charge >= 0.3 is 0 Å². The van der Waals surface area contributed by atoms with E-state index < -0.39 is 0 Å². The van der Waals surface area contributed by atoms with E-state index in [9.17, 15) is 9.59 Å². The molecular weight excluding hydrogens is 292 g/mol. The zero-order valence-electron chi connectivity index (χ0n) is 13.1.